The number of hydrogen-bond donors (Lipinski definition) is 0. The van der Waals surface area contributed by atoms with Crippen LogP contribution in [0, 0.1) is 0 Å². The van der Waals surface area contributed by atoms with E-state index >= 15 is 0 Å². The molecule has 1 atom stereocenters. The van der Waals surface area contributed by atoms with Crippen molar-refractivity contribution >= 4 is 17.1 Å². The zero-order chi connectivity index (χ0) is 18.4. The predicted molar refractivity (Wildman–Crippen MR) is 90.5 cm³/mol. The SMILES string of the molecule is Cn1c(=O)c2c(ncn2CC(=O)N2CCC(n3nccn3)C2)n(C)c1=O. The summed E-state index contributed by atoms with van der Waals surface area (Å²) in [7, 11) is 2.96. The minimum Gasteiger partial charge on any atom is -0.339 e. The number of imidazole rings is 1. The largest absolute Gasteiger partial charge is 0.339 e. The van der Waals surface area contributed by atoms with Gasteiger partial charge >= 0.3 is 5.69 Å². The lowest BCUT2D eigenvalue weighted by atomic mass is 10.3. The first-order valence-corrected chi connectivity index (χ1v) is 8.22. The Bertz CT molecular complexity index is 1090. The van der Waals surface area contributed by atoms with E-state index in [-0.39, 0.29) is 29.7 Å². The quantitative estimate of drug-likeness (QED) is 0.563. The minimum atomic E-state index is -0.464. The molecule has 1 saturated heterocycles. The summed E-state index contributed by atoms with van der Waals surface area (Å²) >= 11 is 0. The molecule has 1 aliphatic rings. The topological polar surface area (TPSA) is 113 Å². The van der Waals surface area contributed by atoms with E-state index in [0.717, 1.165) is 11.0 Å². The average molecular weight is 358 g/mol. The molecule has 3 aromatic rings. The van der Waals surface area contributed by atoms with Gasteiger partial charge in [-0.3, -0.25) is 18.7 Å². The Balaban J connectivity index is 1.59. The molecule has 11 nitrogen and oxygen atoms in total. The first-order chi connectivity index (χ1) is 12.5. The molecule has 1 amide bonds. The maximum Gasteiger partial charge on any atom is 0.332 e. The van der Waals surface area contributed by atoms with Crippen molar-refractivity contribution in [2.45, 2.75) is 19.0 Å². The van der Waals surface area contributed by atoms with E-state index in [1.165, 1.54) is 22.5 Å². The highest BCUT2D eigenvalue weighted by Crippen LogP contribution is 2.20. The highest BCUT2D eigenvalue weighted by molar-refractivity contribution is 5.79. The van der Waals surface area contributed by atoms with Gasteiger partial charge in [-0.2, -0.15) is 15.0 Å². The van der Waals surface area contributed by atoms with Crippen molar-refractivity contribution < 1.29 is 4.79 Å². The number of rotatable bonds is 3. The molecular formula is C15H18N8O3. The Hall–Kier alpha value is -3.24. The second-order valence-electron chi connectivity index (χ2n) is 6.38. The van der Waals surface area contributed by atoms with Crippen molar-refractivity contribution in [2.24, 2.45) is 14.1 Å². The van der Waals surface area contributed by atoms with Crippen LogP contribution in [0.3, 0.4) is 0 Å². The second-order valence-corrected chi connectivity index (χ2v) is 6.38. The minimum absolute atomic E-state index is 0.0107. The van der Waals surface area contributed by atoms with E-state index in [1.807, 2.05) is 0 Å². The number of aryl methyl sites for hydroxylation is 1. The molecule has 0 aliphatic carbocycles. The number of carbonyl (C=O) groups excluding carboxylic acids is 1. The van der Waals surface area contributed by atoms with Crippen molar-refractivity contribution in [3.8, 4) is 0 Å². The summed E-state index contributed by atoms with van der Waals surface area (Å²) in [5, 5.41) is 8.25. The second kappa shape index (κ2) is 5.93. The number of likely N-dealkylation sites (tertiary alicyclic amines) is 1. The van der Waals surface area contributed by atoms with Crippen LogP contribution in [0.4, 0.5) is 0 Å². The first-order valence-electron chi connectivity index (χ1n) is 8.22. The summed E-state index contributed by atoms with van der Waals surface area (Å²) < 4.78 is 3.81. The number of nitrogens with zero attached hydrogens (tertiary/aromatic N) is 8. The van der Waals surface area contributed by atoms with E-state index < -0.39 is 11.2 Å². The van der Waals surface area contributed by atoms with Gasteiger partial charge in [-0.25, -0.2) is 9.78 Å². The number of amides is 1. The third-order valence-corrected chi connectivity index (χ3v) is 4.80. The van der Waals surface area contributed by atoms with Gasteiger partial charge in [-0.05, 0) is 6.42 Å². The maximum atomic E-state index is 12.7. The molecule has 0 aromatic carbocycles. The van der Waals surface area contributed by atoms with Crippen LogP contribution in [0.25, 0.3) is 11.2 Å². The molecular weight excluding hydrogens is 340 g/mol. The monoisotopic (exact) mass is 358 g/mol. The molecule has 26 heavy (non-hydrogen) atoms. The third kappa shape index (κ3) is 2.43. The van der Waals surface area contributed by atoms with Crippen molar-refractivity contribution in [2.75, 3.05) is 13.1 Å². The number of aromatic nitrogens is 7. The molecule has 136 valence electrons. The Morgan fingerprint density at radius 1 is 1.19 bits per heavy atom. The number of carbonyl (C=O) groups is 1. The van der Waals surface area contributed by atoms with Gasteiger partial charge in [0.05, 0.1) is 24.8 Å². The Morgan fingerprint density at radius 2 is 1.92 bits per heavy atom. The van der Waals surface area contributed by atoms with Crippen LogP contribution < -0.4 is 11.2 Å². The third-order valence-electron chi connectivity index (χ3n) is 4.80. The Labute approximate surface area is 147 Å². The molecule has 0 bridgehead atoms. The molecule has 1 fully saturated rings. The number of fused-ring (bicyclic) bond motifs is 1. The fraction of sp³-hybridized carbons (Fsp3) is 0.467. The molecule has 0 spiro atoms. The lowest BCUT2D eigenvalue weighted by Crippen LogP contribution is -2.38. The zero-order valence-corrected chi connectivity index (χ0v) is 14.4. The maximum absolute atomic E-state index is 12.7. The van der Waals surface area contributed by atoms with Gasteiger partial charge in [0, 0.05) is 27.2 Å². The molecule has 3 aromatic heterocycles. The summed E-state index contributed by atoms with van der Waals surface area (Å²) in [5.41, 5.74) is -0.403. The van der Waals surface area contributed by atoms with Crippen LogP contribution in [0.2, 0.25) is 0 Å². The number of hydrogen-bond acceptors (Lipinski definition) is 6. The van der Waals surface area contributed by atoms with Gasteiger partial charge in [-0.15, -0.1) is 0 Å². The predicted octanol–water partition coefficient (Wildman–Crippen LogP) is -1.50. The molecule has 1 unspecified atom stereocenters. The van der Waals surface area contributed by atoms with E-state index in [4.69, 9.17) is 0 Å². The van der Waals surface area contributed by atoms with Crippen LogP contribution in [0.1, 0.15) is 12.5 Å². The summed E-state index contributed by atoms with van der Waals surface area (Å²) in [5.74, 6) is -0.116. The van der Waals surface area contributed by atoms with Crippen LogP contribution >= 0.6 is 0 Å². The van der Waals surface area contributed by atoms with Gasteiger partial charge in [-0.1, -0.05) is 0 Å². The van der Waals surface area contributed by atoms with Gasteiger partial charge in [0.25, 0.3) is 5.56 Å². The molecule has 1 aliphatic heterocycles. The summed E-state index contributed by atoms with van der Waals surface area (Å²) in [4.78, 5) is 44.6. The van der Waals surface area contributed by atoms with Crippen LogP contribution in [0.5, 0.6) is 0 Å². The lowest BCUT2D eigenvalue weighted by Gasteiger charge is -2.17. The van der Waals surface area contributed by atoms with E-state index in [9.17, 15) is 14.4 Å². The Morgan fingerprint density at radius 3 is 2.65 bits per heavy atom. The average Bonchev–Trinajstić information content (AvgIpc) is 3.37. The van der Waals surface area contributed by atoms with Crippen LogP contribution in [0.15, 0.2) is 28.3 Å². The van der Waals surface area contributed by atoms with Crippen molar-refractivity contribution in [1.82, 2.24) is 38.6 Å². The van der Waals surface area contributed by atoms with E-state index in [1.54, 1.807) is 29.1 Å². The molecule has 4 rings (SSSR count). The molecule has 4 heterocycles. The Kier molecular flexibility index (Phi) is 3.71. The normalized spacial score (nSPS) is 17.3. The van der Waals surface area contributed by atoms with Crippen LogP contribution in [-0.4, -0.2) is 57.6 Å². The summed E-state index contributed by atoms with van der Waals surface area (Å²) in [6, 6.07) is 0.0576. The summed E-state index contributed by atoms with van der Waals surface area (Å²) in [6.07, 6.45) is 5.43. The van der Waals surface area contributed by atoms with Crippen molar-refractivity contribution in [1.29, 1.82) is 0 Å². The zero-order valence-electron chi connectivity index (χ0n) is 14.4. The van der Waals surface area contributed by atoms with Gasteiger partial charge in [0.1, 0.15) is 6.54 Å². The molecule has 11 heteroatoms. The molecule has 0 radical (unpaired) electrons. The smallest absolute Gasteiger partial charge is 0.332 e. The molecule has 0 saturated carbocycles. The lowest BCUT2D eigenvalue weighted by molar-refractivity contribution is -0.130. The van der Waals surface area contributed by atoms with Crippen molar-refractivity contribution in [3.05, 3.63) is 39.6 Å². The van der Waals surface area contributed by atoms with E-state index in [2.05, 4.69) is 15.2 Å². The fourth-order valence-electron chi connectivity index (χ4n) is 3.33. The fourth-order valence-corrected chi connectivity index (χ4v) is 3.33. The summed E-state index contributed by atoms with van der Waals surface area (Å²) in [6.45, 7) is 1.12. The van der Waals surface area contributed by atoms with E-state index in [0.29, 0.717) is 13.1 Å². The first kappa shape index (κ1) is 16.2. The van der Waals surface area contributed by atoms with Crippen molar-refractivity contribution in [3.63, 3.8) is 0 Å². The molecule has 0 N–H and O–H groups in total. The standard InChI is InChI=1S/C15H18N8O3/c1-19-13-12(14(25)20(2)15(19)26)22(9-16-13)8-11(24)21-6-3-10(7-21)23-17-4-5-18-23/h4-5,9-10H,3,6-8H2,1-2H3. The van der Waals surface area contributed by atoms with Gasteiger partial charge in [0.2, 0.25) is 5.91 Å². The van der Waals surface area contributed by atoms with Gasteiger partial charge < -0.3 is 9.47 Å². The highest BCUT2D eigenvalue weighted by atomic mass is 16.2. The van der Waals surface area contributed by atoms with Gasteiger partial charge in [0.15, 0.2) is 11.2 Å². The highest BCUT2D eigenvalue weighted by Gasteiger charge is 2.29. The van der Waals surface area contributed by atoms with Crippen LogP contribution in [-0.2, 0) is 25.4 Å².